The Morgan fingerprint density at radius 1 is 1.43 bits per heavy atom. The van der Waals surface area contributed by atoms with Crippen LogP contribution < -0.4 is 4.90 Å². The van der Waals surface area contributed by atoms with Crippen molar-refractivity contribution in [2.75, 3.05) is 43.5 Å². The highest BCUT2D eigenvalue weighted by molar-refractivity contribution is 8.00. The van der Waals surface area contributed by atoms with Gasteiger partial charge in [-0.15, -0.1) is 11.8 Å². The Bertz CT molecular complexity index is 587. The fraction of sp³-hybridized carbons (Fsp3) is 0.529. The summed E-state index contributed by atoms with van der Waals surface area (Å²) < 4.78 is 5.39. The third-order valence-electron chi connectivity index (χ3n) is 4.34. The van der Waals surface area contributed by atoms with Gasteiger partial charge in [-0.2, -0.15) is 0 Å². The summed E-state index contributed by atoms with van der Waals surface area (Å²) >= 11 is 1.54. The zero-order chi connectivity index (χ0) is 16.2. The lowest BCUT2D eigenvalue weighted by Crippen LogP contribution is -2.46. The van der Waals surface area contributed by atoms with Crippen molar-refractivity contribution >= 4 is 29.3 Å². The van der Waals surface area contributed by atoms with Gasteiger partial charge in [0.15, 0.2) is 0 Å². The van der Waals surface area contributed by atoms with Gasteiger partial charge in [-0.1, -0.05) is 12.1 Å². The maximum atomic E-state index is 12.7. The van der Waals surface area contributed by atoms with Crippen LogP contribution in [0.2, 0.25) is 0 Å². The van der Waals surface area contributed by atoms with Crippen molar-refractivity contribution in [2.24, 2.45) is 5.92 Å². The number of rotatable bonds is 5. The Morgan fingerprint density at radius 3 is 3.00 bits per heavy atom. The molecule has 6 heteroatoms. The molecule has 1 fully saturated rings. The number of fused-ring (bicyclic) bond motifs is 1. The van der Waals surface area contributed by atoms with Gasteiger partial charge in [0.25, 0.3) is 0 Å². The molecule has 2 aliphatic rings. The second kappa shape index (κ2) is 7.36. The molecule has 124 valence electrons. The lowest BCUT2D eigenvalue weighted by atomic mass is 10.1. The third kappa shape index (κ3) is 3.70. The van der Waals surface area contributed by atoms with Crippen LogP contribution in [0.1, 0.15) is 13.3 Å². The van der Waals surface area contributed by atoms with Crippen molar-refractivity contribution in [3.05, 3.63) is 24.3 Å². The first kappa shape index (κ1) is 16.3. The molecule has 0 bridgehead atoms. The Balaban J connectivity index is 1.69. The minimum absolute atomic E-state index is 0.00213. The zero-order valence-electron chi connectivity index (χ0n) is 13.4. The lowest BCUT2D eigenvalue weighted by molar-refractivity contribution is -0.131. The Labute approximate surface area is 141 Å². The number of anilines is 1. The number of hydrogen-bond donors (Lipinski definition) is 0. The summed E-state index contributed by atoms with van der Waals surface area (Å²) in [5, 5.41) is 0. The predicted octanol–water partition coefficient (Wildman–Crippen LogP) is 2.01. The van der Waals surface area contributed by atoms with Gasteiger partial charge in [-0.3, -0.25) is 9.59 Å². The molecule has 0 aromatic heterocycles. The van der Waals surface area contributed by atoms with Crippen LogP contribution in [-0.2, 0) is 14.3 Å². The number of thioether (sulfide) groups is 1. The minimum atomic E-state index is 0.00213. The smallest absolute Gasteiger partial charge is 0.242 e. The molecule has 2 aliphatic heterocycles. The van der Waals surface area contributed by atoms with E-state index >= 15 is 0 Å². The zero-order valence-corrected chi connectivity index (χ0v) is 14.2. The van der Waals surface area contributed by atoms with Gasteiger partial charge >= 0.3 is 0 Å². The van der Waals surface area contributed by atoms with Crippen LogP contribution >= 0.6 is 11.8 Å². The number of amides is 2. The van der Waals surface area contributed by atoms with E-state index in [0.717, 1.165) is 30.2 Å². The molecule has 2 heterocycles. The number of para-hydroxylation sites is 1. The second-order valence-corrected chi connectivity index (χ2v) is 6.92. The van der Waals surface area contributed by atoms with Gasteiger partial charge in [0.1, 0.15) is 6.54 Å². The van der Waals surface area contributed by atoms with Crippen LogP contribution in [0.25, 0.3) is 0 Å². The van der Waals surface area contributed by atoms with Gasteiger partial charge < -0.3 is 14.5 Å². The standard InChI is InChI=1S/C17H22N2O3S/c1-2-18(9-13-7-8-22-11-13)16(20)10-19-14-5-3-4-6-15(14)23-12-17(19)21/h3-6,13H,2,7-12H2,1H3/t13-/m1/s1. The molecule has 1 saturated heterocycles. The first-order chi connectivity index (χ1) is 11.2. The monoisotopic (exact) mass is 334 g/mol. The van der Waals surface area contributed by atoms with Crippen LogP contribution in [0, 0.1) is 5.92 Å². The summed E-state index contributed by atoms with van der Waals surface area (Å²) in [7, 11) is 0. The maximum absolute atomic E-state index is 12.7. The van der Waals surface area contributed by atoms with Crippen molar-refractivity contribution in [1.82, 2.24) is 4.90 Å². The van der Waals surface area contributed by atoms with Crippen molar-refractivity contribution in [3.63, 3.8) is 0 Å². The lowest BCUT2D eigenvalue weighted by Gasteiger charge is -2.31. The van der Waals surface area contributed by atoms with Crippen LogP contribution in [0.4, 0.5) is 5.69 Å². The summed E-state index contributed by atoms with van der Waals surface area (Å²) in [5.74, 6) is 0.822. The van der Waals surface area contributed by atoms with Crippen molar-refractivity contribution in [1.29, 1.82) is 0 Å². The molecule has 5 nitrogen and oxygen atoms in total. The van der Waals surface area contributed by atoms with Gasteiger partial charge in [-0.05, 0) is 25.5 Å². The van der Waals surface area contributed by atoms with Crippen molar-refractivity contribution in [2.45, 2.75) is 18.2 Å². The average Bonchev–Trinajstić information content (AvgIpc) is 3.08. The van der Waals surface area contributed by atoms with Crippen LogP contribution in [0.15, 0.2) is 29.2 Å². The summed E-state index contributed by atoms with van der Waals surface area (Å²) in [6.07, 6.45) is 1.01. The summed E-state index contributed by atoms with van der Waals surface area (Å²) in [6.45, 7) is 4.99. The normalized spacial score (nSPS) is 20.5. The molecular weight excluding hydrogens is 312 g/mol. The highest BCUT2D eigenvalue weighted by Gasteiger charge is 2.28. The number of hydrogen-bond acceptors (Lipinski definition) is 4. The molecule has 0 unspecified atom stereocenters. The van der Waals surface area contributed by atoms with Gasteiger partial charge in [0.05, 0.1) is 18.0 Å². The first-order valence-corrected chi connectivity index (χ1v) is 9.05. The fourth-order valence-corrected chi connectivity index (χ4v) is 3.94. The van der Waals surface area contributed by atoms with E-state index in [0.29, 0.717) is 24.8 Å². The summed E-state index contributed by atoms with van der Waals surface area (Å²) in [4.78, 5) is 29.5. The quantitative estimate of drug-likeness (QED) is 0.826. The molecule has 0 N–H and O–H groups in total. The Kier molecular flexibility index (Phi) is 5.23. The molecule has 0 spiro atoms. The van der Waals surface area contributed by atoms with E-state index in [9.17, 15) is 9.59 Å². The highest BCUT2D eigenvalue weighted by Crippen LogP contribution is 2.34. The average molecular weight is 334 g/mol. The Morgan fingerprint density at radius 2 is 2.26 bits per heavy atom. The molecule has 2 amide bonds. The van der Waals surface area contributed by atoms with E-state index in [-0.39, 0.29) is 18.4 Å². The van der Waals surface area contributed by atoms with Gasteiger partial charge in [0, 0.05) is 30.5 Å². The molecule has 3 rings (SSSR count). The number of benzene rings is 1. The number of nitrogens with zero attached hydrogens (tertiary/aromatic N) is 2. The van der Waals surface area contributed by atoms with E-state index in [1.807, 2.05) is 36.1 Å². The van der Waals surface area contributed by atoms with Crippen LogP contribution in [0.5, 0.6) is 0 Å². The predicted molar refractivity (Wildman–Crippen MR) is 90.7 cm³/mol. The number of likely N-dealkylation sites (N-methyl/N-ethyl adjacent to an activating group) is 1. The number of ether oxygens (including phenoxy) is 1. The van der Waals surface area contributed by atoms with Crippen molar-refractivity contribution < 1.29 is 14.3 Å². The van der Waals surface area contributed by atoms with Crippen molar-refractivity contribution in [3.8, 4) is 0 Å². The summed E-state index contributed by atoms with van der Waals surface area (Å²) in [5.41, 5.74) is 0.849. The van der Waals surface area contributed by atoms with Gasteiger partial charge in [-0.25, -0.2) is 0 Å². The number of carbonyl (C=O) groups excluding carboxylic acids is 2. The van der Waals surface area contributed by atoms with E-state index in [1.54, 1.807) is 4.90 Å². The molecule has 23 heavy (non-hydrogen) atoms. The fourth-order valence-electron chi connectivity index (χ4n) is 3.01. The van der Waals surface area contributed by atoms with E-state index in [2.05, 4.69) is 0 Å². The minimum Gasteiger partial charge on any atom is -0.381 e. The Hall–Kier alpha value is -1.53. The highest BCUT2D eigenvalue weighted by atomic mass is 32.2. The third-order valence-corrected chi connectivity index (χ3v) is 5.39. The van der Waals surface area contributed by atoms with E-state index < -0.39 is 0 Å². The molecule has 0 aliphatic carbocycles. The molecule has 1 atom stereocenters. The van der Waals surface area contributed by atoms with Gasteiger partial charge in [0.2, 0.25) is 11.8 Å². The molecule has 1 aromatic carbocycles. The maximum Gasteiger partial charge on any atom is 0.242 e. The topological polar surface area (TPSA) is 49.9 Å². The molecule has 1 aromatic rings. The van der Waals surface area contributed by atoms with Crippen LogP contribution in [-0.4, -0.2) is 55.3 Å². The largest absolute Gasteiger partial charge is 0.381 e. The van der Waals surface area contributed by atoms with E-state index in [1.165, 1.54) is 11.8 Å². The summed E-state index contributed by atoms with van der Waals surface area (Å²) in [6, 6.07) is 7.77. The molecular formula is C17H22N2O3S. The second-order valence-electron chi connectivity index (χ2n) is 5.90. The molecule has 0 saturated carbocycles. The SMILES string of the molecule is CCN(C[C@H]1CCOC1)C(=O)CN1C(=O)CSc2ccccc21. The first-order valence-electron chi connectivity index (χ1n) is 8.06. The van der Waals surface area contributed by atoms with Crippen LogP contribution in [0.3, 0.4) is 0 Å². The van der Waals surface area contributed by atoms with E-state index in [4.69, 9.17) is 4.74 Å². The molecule has 0 radical (unpaired) electrons. The number of carbonyl (C=O) groups is 2.